The number of hydrogen-bond donors (Lipinski definition) is 1. The molecule has 2 heterocycles. The first-order chi connectivity index (χ1) is 9.13. The lowest BCUT2D eigenvalue weighted by molar-refractivity contribution is 0.00285. The molecular formula is C15H21N3O. The second-order valence-electron chi connectivity index (χ2n) is 5.86. The van der Waals surface area contributed by atoms with Crippen LogP contribution in [0.3, 0.4) is 0 Å². The molecule has 1 aromatic rings. The van der Waals surface area contributed by atoms with Crippen molar-refractivity contribution in [3.05, 3.63) is 35.4 Å². The number of guanidine groups is 1. The molecule has 0 saturated heterocycles. The van der Waals surface area contributed by atoms with Crippen LogP contribution in [-0.4, -0.2) is 30.6 Å². The van der Waals surface area contributed by atoms with Gasteiger partial charge in [0.1, 0.15) is 5.54 Å². The van der Waals surface area contributed by atoms with E-state index in [1.165, 1.54) is 11.1 Å². The van der Waals surface area contributed by atoms with Crippen LogP contribution in [0.1, 0.15) is 25.0 Å². The van der Waals surface area contributed by atoms with E-state index >= 15 is 0 Å². The number of nitrogens with two attached hydrogens (primary N) is 1. The first-order valence-electron chi connectivity index (χ1n) is 6.87. The van der Waals surface area contributed by atoms with Crippen molar-refractivity contribution >= 4 is 5.96 Å². The van der Waals surface area contributed by atoms with Gasteiger partial charge in [0, 0.05) is 6.54 Å². The minimum atomic E-state index is -0.191. The number of nitrogens with zero attached hydrogens (tertiary/aromatic N) is 2. The third-order valence-electron chi connectivity index (χ3n) is 3.96. The molecule has 2 N–H and O–H groups in total. The molecule has 0 aromatic heterocycles. The van der Waals surface area contributed by atoms with E-state index in [2.05, 4.69) is 48.0 Å². The van der Waals surface area contributed by atoms with E-state index in [0.29, 0.717) is 31.6 Å². The zero-order valence-electron chi connectivity index (χ0n) is 11.6. The molecule has 1 aromatic carbocycles. The summed E-state index contributed by atoms with van der Waals surface area (Å²) in [5, 5.41) is 0. The normalized spacial score (nSPS) is 25.8. The highest BCUT2D eigenvalue weighted by Gasteiger charge is 2.47. The van der Waals surface area contributed by atoms with Crippen LogP contribution in [-0.2, 0) is 16.9 Å². The first kappa shape index (κ1) is 12.5. The molecule has 4 heteroatoms. The van der Waals surface area contributed by atoms with Gasteiger partial charge in [0.15, 0.2) is 5.96 Å². The van der Waals surface area contributed by atoms with Gasteiger partial charge in [-0.3, -0.25) is 4.99 Å². The largest absolute Gasteiger partial charge is 0.374 e. The minimum absolute atomic E-state index is 0.191. The minimum Gasteiger partial charge on any atom is -0.374 e. The van der Waals surface area contributed by atoms with Crippen molar-refractivity contribution in [1.29, 1.82) is 0 Å². The van der Waals surface area contributed by atoms with Gasteiger partial charge in [0.2, 0.25) is 0 Å². The van der Waals surface area contributed by atoms with Crippen molar-refractivity contribution < 1.29 is 4.74 Å². The quantitative estimate of drug-likeness (QED) is 0.879. The van der Waals surface area contributed by atoms with Crippen molar-refractivity contribution in [3.63, 3.8) is 0 Å². The lowest BCUT2D eigenvalue weighted by Gasteiger charge is -2.43. The van der Waals surface area contributed by atoms with Crippen LogP contribution in [0.25, 0.3) is 0 Å². The molecule has 0 radical (unpaired) electrons. The van der Waals surface area contributed by atoms with Gasteiger partial charge in [0.05, 0.1) is 19.8 Å². The number of fused-ring (bicyclic) bond motifs is 2. The Bertz CT molecular complexity index is 512. The third-order valence-corrected chi connectivity index (χ3v) is 3.96. The van der Waals surface area contributed by atoms with Crippen molar-refractivity contribution in [2.24, 2.45) is 16.6 Å². The average Bonchev–Trinajstić information content (AvgIpc) is 2.69. The van der Waals surface area contributed by atoms with Gasteiger partial charge in [0.25, 0.3) is 0 Å². The molecule has 0 saturated carbocycles. The Hall–Kier alpha value is -1.55. The average molecular weight is 259 g/mol. The fourth-order valence-electron chi connectivity index (χ4n) is 3.10. The monoisotopic (exact) mass is 259 g/mol. The highest BCUT2D eigenvalue weighted by molar-refractivity contribution is 5.81. The van der Waals surface area contributed by atoms with Crippen LogP contribution in [0.2, 0.25) is 0 Å². The van der Waals surface area contributed by atoms with Crippen molar-refractivity contribution in [2.45, 2.75) is 26.0 Å². The fraction of sp³-hybridized carbons (Fsp3) is 0.533. The molecule has 102 valence electrons. The fourth-order valence-corrected chi connectivity index (χ4v) is 3.10. The van der Waals surface area contributed by atoms with E-state index in [-0.39, 0.29) is 5.54 Å². The van der Waals surface area contributed by atoms with Gasteiger partial charge in [-0.25, -0.2) is 0 Å². The van der Waals surface area contributed by atoms with Crippen molar-refractivity contribution in [2.75, 3.05) is 19.7 Å². The predicted molar refractivity (Wildman–Crippen MR) is 75.8 cm³/mol. The Balaban J connectivity index is 2.04. The molecule has 4 nitrogen and oxygen atoms in total. The molecule has 1 spiro atoms. The van der Waals surface area contributed by atoms with Gasteiger partial charge in [-0.1, -0.05) is 38.1 Å². The molecule has 1 unspecified atom stereocenters. The summed E-state index contributed by atoms with van der Waals surface area (Å²) in [6.07, 6.45) is 0. The van der Waals surface area contributed by atoms with E-state index < -0.39 is 0 Å². The van der Waals surface area contributed by atoms with E-state index in [1.54, 1.807) is 0 Å². The van der Waals surface area contributed by atoms with Gasteiger partial charge in [-0.15, -0.1) is 0 Å². The summed E-state index contributed by atoms with van der Waals surface area (Å²) in [5.41, 5.74) is 8.50. The van der Waals surface area contributed by atoms with Gasteiger partial charge in [-0.2, -0.15) is 0 Å². The Kier molecular flexibility index (Phi) is 2.97. The molecule has 19 heavy (non-hydrogen) atoms. The maximum Gasteiger partial charge on any atom is 0.192 e. The highest BCUT2D eigenvalue weighted by atomic mass is 16.5. The summed E-state index contributed by atoms with van der Waals surface area (Å²) in [6.45, 7) is 7.37. The molecule has 1 atom stereocenters. The molecule has 0 aliphatic carbocycles. The third kappa shape index (κ3) is 1.91. The van der Waals surface area contributed by atoms with Crippen LogP contribution < -0.4 is 5.73 Å². The van der Waals surface area contributed by atoms with Crippen molar-refractivity contribution in [1.82, 2.24) is 4.90 Å². The van der Waals surface area contributed by atoms with E-state index in [4.69, 9.17) is 10.5 Å². The Morgan fingerprint density at radius 2 is 2.21 bits per heavy atom. The summed E-state index contributed by atoms with van der Waals surface area (Å²) in [6, 6.07) is 8.48. The summed E-state index contributed by atoms with van der Waals surface area (Å²) in [7, 11) is 0. The Labute approximate surface area is 114 Å². The number of benzene rings is 1. The second-order valence-corrected chi connectivity index (χ2v) is 5.86. The summed E-state index contributed by atoms with van der Waals surface area (Å²) >= 11 is 0. The zero-order valence-corrected chi connectivity index (χ0v) is 11.6. The molecule has 0 amide bonds. The lowest BCUT2D eigenvalue weighted by atomic mass is 9.84. The molecular weight excluding hydrogens is 238 g/mol. The lowest BCUT2D eigenvalue weighted by Crippen LogP contribution is -2.55. The van der Waals surface area contributed by atoms with E-state index in [9.17, 15) is 0 Å². The zero-order chi connectivity index (χ0) is 13.5. The van der Waals surface area contributed by atoms with Crippen molar-refractivity contribution in [3.8, 4) is 0 Å². The Morgan fingerprint density at radius 1 is 1.42 bits per heavy atom. The molecule has 0 bridgehead atoms. The predicted octanol–water partition coefficient (Wildman–Crippen LogP) is 1.70. The summed E-state index contributed by atoms with van der Waals surface area (Å²) in [4.78, 5) is 6.72. The molecule has 2 aliphatic rings. The van der Waals surface area contributed by atoms with Gasteiger partial charge >= 0.3 is 0 Å². The molecule has 2 aliphatic heterocycles. The van der Waals surface area contributed by atoms with Crippen LogP contribution in [0.15, 0.2) is 29.3 Å². The first-order valence-corrected chi connectivity index (χ1v) is 6.87. The van der Waals surface area contributed by atoms with Crippen LogP contribution >= 0.6 is 0 Å². The van der Waals surface area contributed by atoms with Crippen LogP contribution in [0.5, 0.6) is 0 Å². The summed E-state index contributed by atoms with van der Waals surface area (Å²) in [5.74, 6) is 1.19. The van der Waals surface area contributed by atoms with Crippen LogP contribution in [0.4, 0.5) is 0 Å². The summed E-state index contributed by atoms with van der Waals surface area (Å²) < 4.78 is 5.82. The molecule has 3 rings (SSSR count). The topological polar surface area (TPSA) is 50.8 Å². The molecule has 0 fully saturated rings. The second kappa shape index (κ2) is 4.53. The Morgan fingerprint density at radius 3 is 3.00 bits per heavy atom. The highest BCUT2D eigenvalue weighted by Crippen LogP contribution is 2.39. The number of aliphatic imine (C=N–C) groups is 1. The standard InChI is InChI=1S/C15H21N3O/c1-11(2)7-18-14(16)17-9-15(18)10-19-8-12-5-3-4-6-13(12)15/h3-6,11H,7-10H2,1-2H3,(H2,16,17). The smallest absolute Gasteiger partial charge is 0.192 e. The number of rotatable bonds is 2. The SMILES string of the molecule is CC(C)CN1C(N)=NCC12COCc1ccccc12. The van der Waals surface area contributed by atoms with Gasteiger partial charge in [-0.05, 0) is 17.0 Å². The van der Waals surface area contributed by atoms with E-state index in [1.807, 2.05) is 0 Å². The maximum absolute atomic E-state index is 6.11. The van der Waals surface area contributed by atoms with Crippen LogP contribution in [0, 0.1) is 5.92 Å². The number of ether oxygens (including phenoxy) is 1. The van der Waals surface area contributed by atoms with E-state index in [0.717, 1.165) is 6.54 Å². The van der Waals surface area contributed by atoms with Gasteiger partial charge < -0.3 is 15.4 Å². The maximum atomic E-state index is 6.11. The number of hydrogen-bond acceptors (Lipinski definition) is 4.